The molecule has 0 bridgehead atoms. The van der Waals surface area contributed by atoms with Crippen molar-refractivity contribution in [3.63, 3.8) is 0 Å². The number of rotatable bonds is 0. The Labute approximate surface area is 32.8 Å². The van der Waals surface area contributed by atoms with Crippen molar-refractivity contribution in [1.82, 2.24) is 0 Å². The second-order valence-electron chi connectivity index (χ2n) is 0.0680. The van der Waals surface area contributed by atoms with Crippen molar-refractivity contribution in [1.29, 1.82) is 5.26 Å². The van der Waals surface area contributed by atoms with Crippen LogP contribution in [0.3, 0.4) is 0 Å². The first kappa shape index (κ1) is 8.83. The van der Waals surface area contributed by atoms with Gasteiger partial charge in [-0.05, 0) is 0 Å². The van der Waals surface area contributed by atoms with E-state index < -0.39 is 11.6 Å². The molecule has 1 radical (unpaired) electrons. The monoisotopic (exact) mass is 90.0 g/mol. The minimum Gasteiger partial charge on any atom is -0.512 e. The zero-order valence-electron chi connectivity index (χ0n) is 2.17. The van der Waals surface area contributed by atoms with Gasteiger partial charge in [-0.15, -0.1) is 0 Å². The molecule has 27 valence electrons. The van der Waals surface area contributed by atoms with E-state index in [1.807, 2.05) is 0 Å². The number of nitrogens with zero attached hydrogens (tertiary/aromatic N) is 1. The first-order valence-electron chi connectivity index (χ1n) is 0.557. The zero-order valence-corrected chi connectivity index (χ0v) is 2.99. The number of hydrogen-bond acceptors (Lipinski definition) is 3. The summed E-state index contributed by atoms with van der Waals surface area (Å²) in [6, 6.07) is 0. The van der Waals surface area contributed by atoms with Gasteiger partial charge in [-0.1, -0.05) is 0 Å². The van der Waals surface area contributed by atoms with Crippen LogP contribution in [-0.2, 0) is 20.0 Å². The van der Waals surface area contributed by atoms with Gasteiger partial charge >= 0.3 is 20.0 Å². The molecule has 0 saturated heterocycles. The molecule has 5 heavy (non-hydrogen) atoms. The summed E-state index contributed by atoms with van der Waals surface area (Å²) >= 11 is -0.750. The van der Waals surface area contributed by atoms with Crippen molar-refractivity contribution in [2.45, 2.75) is 0 Å². The van der Waals surface area contributed by atoms with E-state index in [9.17, 15) is 0 Å². The van der Waals surface area contributed by atoms with E-state index in [1.54, 1.807) is 0 Å². The van der Waals surface area contributed by atoms with Gasteiger partial charge in [0, 0.05) is 0 Å². The molecular formula is CNO2S. The van der Waals surface area contributed by atoms with Gasteiger partial charge in [0.15, 0.2) is 0 Å². The summed E-state index contributed by atoms with van der Waals surface area (Å²) < 4.78 is 16.6. The SMILES string of the molecule is O=[S+]=O.[C-]#N. The van der Waals surface area contributed by atoms with Crippen LogP contribution >= 0.6 is 0 Å². The van der Waals surface area contributed by atoms with Gasteiger partial charge in [0.1, 0.15) is 0 Å². The molecule has 0 aliphatic heterocycles. The minimum atomic E-state index is -0.750. The summed E-state index contributed by atoms with van der Waals surface area (Å²) in [5.74, 6) is 0. The molecule has 0 aromatic rings. The maximum absolute atomic E-state index is 8.29. The molecule has 0 aliphatic carbocycles. The normalized spacial score (nSPS) is 2.00. The van der Waals surface area contributed by atoms with Crippen LogP contribution < -0.4 is 0 Å². The van der Waals surface area contributed by atoms with Crippen LogP contribution in [0, 0.1) is 11.8 Å². The second-order valence-corrected chi connectivity index (χ2v) is 0.204. The summed E-state index contributed by atoms with van der Waals surface area (Å²) in [5, 5.41) is 6.25. The maximum Gasteiger partial charge on any atom is -0.488 e. The van der Waals surface area contributed by atoms with Gasteiger partial charge in [-0.2, -0.15) is 0 Å². The largest absolute Gasteiger partial charge is 0.512 e. The van der Waals surface area contributed by atoms with Crippen LogP contribution in [0.15, 0.2) is 0 Å². The summed E-state index contributed by atoms with van der Waals surface area (Å²) in [4.78, 5) is 0. The van der Waals surface area contributed by atoms with Gasteiger partial charge in [0.25, 0.3) is 0 Å². The minimum absolute atomic E-state index is 0.750. The molecule has 0 N–H and O–H groups in total. The van der Waals surface area contributed by atoms with Crippen molar-refractivity contribution in [3.05, 3.63) is 6.57 Å². The average Bonchev–Trinajstić information content (AvgIpc) is 1.46. The standard InChI is InChI=1S/CN.O2S/c1-2;1-3-2/q-1;+1. The van der Waals surface area contributed by atoms with Gasteiger partial charge < -0.3 is 11.8 Å². The average molecular weight is 90.1 g/mol. The van der Waals surface area contributed by atoms with Crippen LogP contribution in [0.2, 0.25) is 0 Å². The number of hydrogen-bond donors (Lipinski definition) is 0. The zero-order chi connectivity index (χ0) is 4.71. The van der Waals surface area contributed by atoms with Crippen LogP contribution in [-0.4, -0.2) is 0 Å². The van der Waals surface area contributed by atoms with E-state index in [2.05, 4.69) is 0 Å². The van der Waals surface area contributed by atoms with Gasteiger partial charge in [0.2, 0.25) is 0 Å². The third kappa shape index (κ3) is 22.7. The van der Waals surface area contributed by atoms with Crippen molar-refractivity contribution in [2.24, 2.45) is 0 Å². The van der Waals surface area contributed by atoms with Crippen molar-refractivity contribution >= 4 is 11.6 Å². The Balaban J connectivity index is 0. The Morgan fingerprint density at radius 2 is 1.40 bits per heavy atom. The van der Waals surface area contributed by atoms with E-state index >= 15 is 0 Å². The van der Waals surface area contributed by atoms with E-state index in [1.165, 1.54) is 0 Å². The molecular weight excluding hydrogens is 90.1 g/mol. The molecule has 0 spiro atoms. The van der Waals surface area contributed by atoms with Crippen LogP contribution in [0.4, 0.5) is 0 Å². The molecule has 0 atom stereocenters. The van der Waals surface area contributed by atoms with Crippen LogP contribution in [0.1, 0.15) is 0 Å². The van der Waals surface area contributed by atoms with Crippen LogP contribution in [0.25, 0.3) is 0 Å². The van der Waals surface area contributed by atoms with E-state index in [-0.39, 0.29) is 0 Å². The van der Waals surface area contributed by atoms with Crippen molar-refractivity contribution < 1.29 is 8.42 Å². The summed E-state index contributed by atoms with van der Waals surface area (Å²) in [6.45, 7) is 4.75. The summed E-state index contributed by atoms with van der Waals surface area (Å²) in [7, 11) is 0. The van der Waals surface area contributed by atoms with Gasteiger partial charge in [-0.3, -0.25) is 0 Å². The Kier molecular flexibility index (Phi) is 187. The fraction of sp³-hybridized carbons (Fsp3) is 0. The molecule has 0 fully saturated rings. The summed E-state index contributed by atoms with van der Waals surface area (Å²) in [5.41, 5.74) is 0. The van der Waals surface area contributed by atoms with Crippen molar-refractivity contribution in [2.75, 3.05) is 0 Å². The smallest absolute Gasteiger partial charge is 0.488 e. The molecule has 0 rings (SSSR count). The second kappa shape index (κ2) is 106. The van der Waals surface area contributed by atoms with Gasteiger partial charge in [-0.25, -0.2) is 0 Å². The molecule has 0 aliphatic rings. The molecule has 0 amide bonds. The molecule has 0 heterocycles. The quantitative estimate of drug-likeness (QED) is 0.307. The predicted octanol–water partition coefficient (Wildman–Crippen LogP) is -0.144. The molecule has 0 unspecified atom stereocenters. The van der Waals surface area contributed by atoms with E-state index in [0.29, 0.717) is 0 Å². The maximum atomic E-state index is 8.29. The third-order valence-electron chi connectivity index (χ3n) is 0. The Morgan fingerprint density at radius 3 is 1.40 bits per heavy atom. The fourth-order valence-corrected chi connectivity index (χ4v) is 0. The molecule has 0 aromatic carbocycles. The van der Waals surface area contributed by atoms with Crippen molar-refractivity contribution in [3.8, 4) is 0 Å². The Hall–Kier alpha value is -0.560. The van der Waals surface area contributed by atoms with Crippen LogP contribution in [0.5, 0.6) is 0 Å². The topological polar surface area (TPSA) is 57.9 Å². The van der Waals surface area contributed by atoms with Gasteiger partial charge in [0.05, 0.1) is 0 Å². The third-order valence-corrected chi connectivity index (χ3v) is 0. The summed E-state index contributed by atoms with van der Waals surface area (Å²) in [6.07, 6.45) is 0. The predicted molar refractivity (Wildman–Crippen MR) is 13.7 cm³/mol. The first-order chi connectivity index (χ1) is 2.41. The molecule has 0 aromatic heterocycles. The van der Waals surface area contributed by atoms with E-state index in [4.69, 9.17) is 20.3 Å². The molecule has 4 heteroatoms. The Morgan fingerprint density at radius 1 is 1.40 bits per heavy atom. The molecule has 0 saturated carbocycles. The molecule has 3 nitrogen and oxygen atoms in total. The fourth-order valence-electron chi connectivity index (χ4n) is 0. The first-order valence-corrected chi connectivity index (χ1v) is 1.22. The Bertz CT molecular complexity index is 51.9. The van der Waals surface area contributed by atoms with E-state index in [0.717, 1.165) is 0 Å².